The number of Topliss-reactive ketones (excluding diaryl/α,β-unsaturated/α-hetero) is 1. The van der Waals surface area contributed by atoms with Crippen molar-refractivity contribution in [2.75, 3.05) is 6.61 Å². The minimum Gasteiger partial charge on any atom is -0.507 e. The Bertz CT molecular complexity index is 1320. The van der Waals surface area contributed by atoms with Gasteiger partial charge >= 0.3 is 0 Å². The van der Waals surface area contributed by atoms with E-state index in [1.807, 2.05) is 55.5 Å². The van der Waals surface area contributed by atoms with E-state index in [9.17, 15) is 14.7 Å². The summed E-state index contributed by atoms with van der Waals surface area (Å²) in [5.41, 5.74) is 3.07. The molecule has 1 saturated heterocycles. The highest BCUT2D eigenvalue weighted by Crippen LogP contribution is 2.41. The van der Waals surface area contributed by atoms with Crippen molar-refractivity contribution >= 4 is 29.1 Å². The average Bonchev–Trinajstić information content (AvgIpc) is 3.08. The first-order valence-electron chi connectivity index (χ1n) is 12.0. The topological polar surface area (TPSA) is 66.8 Å². The zero-order valence-corrected chi connectivity index (χ0v) is 21.7. The van der Waals surface area contributed by atoms with Crippen LogP contribution in [0.5, 0.6) is 5.75 Å². The van der Waals surface area contributed by atoms with Crippen LogP contribution in [0, 0.1) is 0 Å². The molecule has 1 N–H and O–H groups in total. The Balaban J connectivity index is 1.84. The van der Waals surface area contributed by atoms with Gasteiger partial charge in [0.05, 0.1) is 18.2 Å². The number of aliphatic hydroxyl groups excluding tert-OH is 1. The fraction of sp³-hybridized carbons (Fsp3) is 0.267. The normalized spacial score (nSPS) is 17.5. The van der Waals surface area contributed by atoms with Crippen LogP contribution in [0.1, 0.15) is 56.0 Å². The molecule has 1 amide bonds. The molecule has 1 aliphatic heterocycles. The number of halogens is 1. The van der Waals surface area contributed by atoms with Crippen LogP contribution in [-0.2, 0) is 21.5 Å². The van der Waals surface area contributed by atoms with Gasteiger partial charge in [-0.1, -0.05) is 80.9 Å². The molecular formula is C30H30ClNO4. The van der Waals surface area contributed by atoms with Crippen LogP contribution in [0.3, 0.4) is 0 Å². The summed E-state index contributed by atoms with van der Waals surface area (Å²) in [5, 5.41) is 11.7. The van der Waals surface area contributed by atoms with Crippen molar-refractivity contribution in [3.8, 4) is 5.75 Å². The van der Waals surface area contributed by atoms with E-state index in [0.717, 1.165) is 16.7 Å². The number of benzene rings is 3. The van der Waals surface area contributed by atoms with Crippen molar-refractivity contribution in [2.24, 2.45) is 0 Å². The first kappa shape index (κ1) is 25.5. The third-order valence-corrected chi connectivity index (χ3v) is 6.53. The van der Waals surface area contributed by atoms with Crippen molar-refractivity contribution in [2.45, 2.75) is 45.7 Å². The van der Waals surface area contributed by atoms with Crippen LogP contribution in [0.4, 0.5) is 0 Å². The number of ketones is 1. The van der Waals surface area contributed by atoms with Crippen molar-refractivity contribution in [1.82, 2.24) is 4.90 Å². The summed E-state index contributed by atoms with van der Waals surface area (Å²) in [6.45, 7) is 8.98. The number of carbonyl (C=O) groups excluding carboxylic acids is 2. The van der Waals surface area contributed by atoms with E-state index in [2.05, 4.69) is 20.8 Å². The number of hydrogen-bond acceptors (Lipinski definition) is 4. The van der Waals surface area contributed by atoms with Crippen LogP contribution >= 0.6 is 11.6 Å². The van der Waals surface area contributed by atoms with Gasteiger partial charge in [0.25, 0.3) is 11.7 Å². The molecule has 6 heteroatoms. The molecule has 0 bridgehead atoms. The molecule has 1 heterocycles. The van der Waals surface area contributed by atoms with Crippen molar-refractivity contribution in [3.63, 3.8) is 0 Å². The van der Waals surface area contributed by atoms with E-state index in [0.29, 0.717) is 22.9 Å². The SMILES string of the molecule is CCOc1cccc(CN2C(=O)C(=O)/C(=C(\O)c3cccc(Cl)c3)C2c2ccc(C(C)(C)C)cc2)c1. The molecule has 0 radical (unpaired) electrons. The predicted octanol–water partition coefficient (Wildman–Crippen LogP) is 6.66. The smallest absolute Gasteiger partial charge is 0.295 e. The first-order valence-corrected chi connectivity index (χ1v) is 12.3. The summed E-state index contributed by atoms with van der Waals surface area (Å²) in [5.74, 6) is -0.938. The zero-order chi connectivity index (χ0) is 26.0. The second-order valence-corrected chi connectivity index (χ2v) is 10.3. The van der Waals surface area contributed by atoms with E-state index in [1.54, 1.807) is 24.3 Å². The number of likely N-dealkylation sites (tertiary alicyclic amines) is 1. The van der Waals surface area contributed by atoms with E-state index in [1.165, 1.54) is 4.90 Å². The summed E-state index contributed by atoms with van der Waals surface area (Å²) in [6.07, 6.45) is 0. The maximum atomic E-state index is 13.3. The van der Waals surface area contributed by atoms with E-state index < -0.39 is 17.7 Å². The minimum atomic E-state index is -0.756. The second-order valence-electron chi connectivity index (χ2n) is 9.89. The molecule has 0 saturated carbocycles. The van der Waals surface area contributed by atoms with Gasteiger partial charge in [-0.05, 0) is 53.3 Å². The lowest BCUT2D eigenvalue weighted by molar-refractivity contribution is -0.140. The van der Waals surface area contributed by atoms with Crippen molar-refractivity contribution < 1.29 is 19.4 Å². The van der Waals surface area contributed by atoms with Crippen LogP contribution in [0.15, 0.2) is 78.4 Å². The lowest BCUT2D eigenvalue weighted by Gasteiger charge is -2.27. The summed E-state index contributed by atoms with van der Waals surface area (Å²) >= 11 is 6.14. The summed E-state index contributed by atoms with van der Waals surface area (Å²) < 4.78 is 5.61. The highest BCUT2D eigenvalue weighted by molar-refractivity contribution is 6.46. The monoisotopic (exact) mass is 503 g/mol. The van der Waals surface area contributed by atoms with Crippen LogP contribution < -0.4 is 4.74 Å². The highest BCUT2D eigenvalue weighted by atomic mass is 35.5. The van der Waals surface area contributed by atoms with Crippen LogP contribution in [-0.4, -0.2) is 28.3 Å². The van der Waals surface area contributed by atoms with Gasteiger partial charge in [-0.15, -0.1) is 0 Å². The molecule has 3 aromatic rings. The van der Waals surface area contributed by atoms with Gasteiger partial charge < -0.3 is 14.7 Å². The number of hydrogen-bond donors (Lipinski definition) is 1. The number of ether oxygens (including phenoxy) is 1. The second kappa shape index (κ2) is 10.2. The summed E-state index contributed by atoms with van der Waals surface area (Å²) in [6, 6.07) is 21.2. The molecule has 0 aliphatic carbocycles. The largest absolute Gasteiger partial charge is 0.507 e. The van der Waals surface area contributed by atoms with E-state index >= 15 is 0 Å². The van der Waals surface area contributed by atoms with Gasteiger partial charge in [0.15, 0.2) is 0 Å². The Morgan fingerprint density at radius 1 is 1.00 bits per heavy atom. The average molecular weight is 504 g/mol. The predicted molar refractivity (Wildman–Crippen MR) is 142 cm³/mol. The van der Waals surface area contributed by atoms with Gasteiger partial charge in [-0.25, -0.2) is 0 Å². The molecule has 1 unspecified atom stereocenters. The minimum absolute atomic E-state index is 0.0479. The third-order valence-electron chi connectivity index (χ3n) is 6.29. The van der Waals surface area contributed by atoms with E-state index in [4.69, 9.17) is 16.3 Å². The third kappa shape index (κ3) is 5.17. The molecule has 0 aromatic heterocycles. The van der Waals surface area contributed by atoms with Gasteiger partial charge in [0.2, 0.25) is 0 Å². The van der Waals surface area contributed by atoms with Gasteiger partial charge in [0.1, 0.15) is 11.5 Å². The number of aliphatic hydroxyl groups is 1. The fourth-order valence-corrected chi connectivity index (χ4v) is 4.63. The molecule has 4 rings (SSSR count). The fourth-order valence-electron chi connectivity index (χ4n) is 4.44. The Labute approximate surface area is 217 Å². The molecule has 5 nitrogen and oxygen atoms in total. The molecule has 0 spiro atoms. The molecule has 1 fully saturated rings. The Morgan fingerprint density at radius 3 is 2.33 bits per heavy atom. The molecule has 186 valence electrons. The number of amides is 1. The highest BCUT2D eigenvalue weighted by Gasteiger charge is 2.46. The maximum Gasteiger partial charge on any atom is 0.295 e. The quantitative estimate of drug-likeness (QED) is 0.232. The van der Waals surface area contributed by atoms with Crippen LogP contribution in [0.25, 0.3) is 5.76 Å². The Hall–Kier alpha value is -3.57. The molecular weight excluding hydrogens is 474 g/mol. The Morgan fingerprint density at radius 2 is 1.69 bits per heavy atom. The first-order chi connectivity index (χ1) is 17.1. The summed E-state index contributed by atoms with van der Waals surface area (Å²) in [4.78, 5) is 28.1. The zero-order valence-electron chi connectivity index (χ0n) is 20.9. The van der Waals surface area contributed by atoms with Crippen molar-refractivity contribution in [1.29, 1.82) is 0 Å². The lowest BCUT2D eigenvalue weighted by Crippen LogP contribution is -2.29. The van der Waals surface area contributed by atoms with Gasteiger partial charge in [-0.3, -0.25) is 9.59 Å². The molecule has 36 heavy (non-hydrogen) atoms. The molecule has 3 aromatic carbocycles. The van der Waals surface area contributed by atoms with E-state index in [-0.39, 0.29) is 23.3 Å². The van der Waals surface area contributed by atoms with Crippen LogP contribution in [0.2, 0.25) is 5.02 Å². The molecule has 1 aliphatic rings. The van der Waals surface area contributed by atoms with Crippen molar-refractivity contribution in [3.05, 3.63) is 106 Å². The number of nitrogens with zero attached hydrogens (tertiary/aromatic N) is 1. The van der Waals surface area contributed by atoms with Gasteiger partial charge in [-0.2, -0.15) is 0 Å². The standard InChI is InChI=1S/C30H30ClNO4/c1-5-36-24-11-6-8-19(16-24)18-32-26(20-12-14-22(15-13-20)30(2,3)4)25(28(34)29(32)35)27(33)21-9-7-10-23(31)17-21/h6-17,26,33H,5,18H2,1-4H3/b27-25-. The number of rotatable bonds is 6. The number of carbonyl (C=O) groups is 2. The molecule has 1 atom stereocenters. The Kier molecular flexibility index (Phi) is 7.23. The maximum absolute atomic E-state index is 13.3. The summed E-state index contributed by atoms with van der Waals surface area (Å²) in [7, 11) is 0. The van der Waals surface area contributed by atoms with Gasteiger partial charge in [0, 0.05) is 17.1 Å². The lowest BCUT2D eigenvalue weighted by atomic mass is 9.85.